The van der Waals surface area contributed by atoms with Crippen molar-refractivity contribution in [2.45, 2.75) is 203 Å². The van der Waals surface area contributed by atoms with Crippen LogP contribution in [-0.4, -0.2) is 200 Å². The molecular formula is C71H97N13O16S2. The standard InChI is InChI=1S/C71H97N13O16S2/c1-42(85)59(67(96)72-33-18-9-19-35-84-57(88)31-32-58(84)89)82-66(95)56-41-102-101-40-55(79-63(92)53(36-44-20-10-6-11-21-44)81-69(98)75-47-22-12-7-13-23-47)65(94)77-52(37-45-27-29-48(87)30-28-45)62(91)78-54(38-46-39-74-50-25-16-15-24-49(46)50)64(93)76-51(61(90)83-60(43(2)86)68(97)80-56)26-14-8-17-34-73-70(99)100-71(3,4)5/h6,10-11,15-16,20-21,24-25,27-32,39,42-43,47,51-56,59-60,74,85-87H,7-9,12-14,17-19,22-23,26,33-38,40-41H2,1-5H3,(H,72,96)(H,73,99)(H,76,93)(H,77,94)(H,78,91)(H,79,92)(H,80,97)(H,82,95)(H,83,90)(H2,75,81,98)/t42-,43-,51+,52+,53-,54-,55+,56+,59+,60+/m1/s1. The molecule has 1 saturated heterocycles. The van der Waals surface area contributed by atoms with Crippen LogP contribution in [0.4, 0.5) is 9.59 Å². The van der Waals surface area contributed by atoms with Crippen molar-refractivity contribution in [2.24, 2.45) is 0 Å². The number of imide groups is 1. The number of aromatic nitrogens is 1. The molecule has 2 fully saturated rings. The van der Waals surface area contributed by atoms with Crippen molar-refractivity contribution in [2.75, 3.05) is 31.1 Å². The number of amides is 13. The number of urea groups is 1. The van der Waals surface area contributed by atoms with Gasteiger partial charge < -0.3 is 83.5 Å². The fourth-order valence-electron chi connectivity index (χ4n) is 11.7. The first kappa shape index (κ1) is 80.1. The third kappa shape index (κ3) is 26.0. The number of hydrogen-bond acceptors (Lipinski definition) is 18. The Bertz CT molecular complexity index is 3550. The summed E-state index contributed by atoms with van der Waals surface area (Å²) < 4.78 is 5.36. The van der Waals surface area contributed by atoms with E-state index in [1.165, 1.54) is 50.3 Å². The predicted molar refractivity (Wildman–Crippen MR) is 384 cm³/mol. The number of aromatic amines is 1. The second-order valence-electron chi connectivity index (χ2n) is 26.7. The minimum Gasteiger partial charge on any atom is -0.508 e. The van der Waals surface area contributed by atoms with Crippen LogP contribution in [0.1, 0.15) is 128 Å². The van der Waals surface area contributed by atoms with Crippen LogP contribution in [0.2, 0.25) is 0 Å². The highest BCUT2D eigenvalue weighted by molar-refractivity contribution is 8.76. The van der Waals surface area contributed by atoms with E-state index in [9.17, 15) is 58.5 Å². The summed E-state index contributed by atoms with van der Waals surface area (Å²) in [6.07, 6.45) is 6.18. The fraction of sp³-hybridized carbons (Fsp3) is 0.521. The molecule has 1 aliphatic carbocycles. The number of carbonyl (C=O) groups excluding carboxylic acids is 12. The molecule has 10 atom stereocenters. The van der Waals surface area contributed by atoms with Crippen molar-refractivity contribution >= 4 is 104 Å². The molecule has 0 unspecified atom stereocenters. The Morgan fingerprint density at radius 1 is 0.627 bits per heavy atom. The molecule has 1 aromatic heterocycles. The first-order chi connectivity index (χ1) is 48.7. The van der Waals surface area contributed by atoms with Gasteiger partial charge in [0.1, 0.15) is 59.7 Å². The smallest absolute Gasteiger partial charge is 0.407 e. The highest BCUT2D eigenvalue weighted by Gasteiger charge is 2.38. The van der Waals surface area contributed by atoms with Crippen molar-refractivity contribution in [3.8, 4) is 5.75 Å². The first-order valence-corrected chi connectivity index (χ1v) is 37.2. The van der Waals surface area contributed by atoms with E-state index >= 15 is 14.4 Å². The van der Waals surface area contributed by atoms with Crippen LogP contribution in [0.5, 0.6) is 5.75 Å². The summed E-state index contributed by atoms with van der Waals surface area (Å²) in [4.78, 5) is 173. The molecule has 7 rings (SSSR count). The average molecular weight is 1450 g/mol. The summed E-state index contributed by atoms with van der Waals surface area (Å²) in [5, 5.41) is 63.4. The molecule has 1 saturated carbocycles. The van der Waals surface area contributed by atoms with Crippen molar-refractivity contribution < 1.29 is 77.6 Å². The zero-order valence-electron chi connectivity index (χ0n) is 58.1. The molecule has 102 heavy (non-hydrogen) atoms. The van der Waals surface area contributed by atoms with E-state index in [-0.39, 0.29) is 75.0 Å². The average Bonchev–Trinajstić information content (AvgIpc) is 1.63. The molecule has 3 heterocycles. The lowest BCUT2D eigenvalue weighted by Gasteiger charge is -2.29. The molecule has 29 nitrogen and oxygen atoms in total. The van der Waals surface area contributed by atoms with Crippen LogP contribution in [0.15, 0.2) is 97.2 Å². The van der Waals surface area contributed by atoms with Gasteiger partial charge in [0.2, 0.25) is 47.3 Å². The number of aliphatic hydroxyl groups excluding tert-OH is 2. The van der Waals surface area contributed by atoms with Crippen LogP contribution in [0.3, 0.4) is 0 Å². The number of fused-ring (bicyclic) bond motifs is 1. The van der Waals surface area contributed by atoms with E-state index < -0.39 is 137 Å². The number of phenolic OH excluding ortho intramolecular Hbond substituents is 1. The molecule has 13 amide bonds. The molecule has 3 aliphatic rings. The summed E-state index contributed by atoms with van der Waals surface area (Å²) in [6, 6.07) is 8.58. The number of aromatic hydroxyl groups is 1. The van der Waals surface area contributed by atoms with E-state index in [0.717, 1.165) is 58.6 Å². The number of rotatable bonds is 27. The van der Waals surface area contributed by atoms with Gasteiger partial charge in [-0.1, -0.05) is 114 Å². The molecule has 554 valence electrons. The summed E-state index contributed by atoms with van der Waals surface area (Å²) >= 11 is 0. The second kappa shape index (κ2) is 39.9. The van der Waals surface area contributed by atoms with E-state index in [0.29, 0.717) is 59.7 Å². The summed E-state index contributed by atoms with van der Waals surface area (Å²) in [5.74, 6) is -9.11. The number of alkyl carbamates (subject to hydrolysis) is 1. The Morgan fingerprint density at radius 3 is 1.92 bits per heavy atom. The Morgan fingerprint density at radius 2 is 1.25 bits per heavy atom. The van der Waals surface area contributed by atoms with Crippen LogP contribution in [-0.2, 0) is 71.9 Å². The molecule has 0 spiro atoms. The maximum absolute atomic E-state index is 15.3. The number of unbranched alkanes of at least 4 members (excludes halogenated alkanes) is 4. The summed E-state index contributed by atoms with van der Waals surface area (Å²) in [7, 11) is 1.84. The van der Waals surface area contributed by atoms with Gasteiger partial charge >= 0.3 is 12.1 Å². The number of benzene rings is 3. The number of para-hydroxylation sites is 1. The van der Waals surface area contributed by atoms with E-state index in [2.05, 4.69) is 63.5 Å². The third-order valence-electron chi connectivity index (χ3n) is 17.3. The maximum atomic E-state index is 15.3. The normalized spacial score (nSPS) is 21.2. The number of phenols is 1. The van der Waals surface area contributed by atoms with Crippen molar-refractivity contribution in [1.82, 2.24) is 68.4 Å². The molecule has 15 N–H and O–H groups in total. The monoisotopic (exact) mass is 1450 g/mol. The Hall–Kier alpha value is -9.20. The zero-order valence-corrected chi connectivity index (χ0v) is 59.8. The van der Waals surface area contributed by atoms with Crippen LogP contribution in [0, 0.1) is 0 Å². The van der Waals surface area contributed by atoms with Crippen molar-refractivity contribution in [3.63, 3.8) is 0 Å². The van der Waals surface area contributed by atoms with E-state index in [4.69, 9.17) is 4.74 Å². The number of H-pyrrole nitrogens is 1. The quantitative estimate of drug-likeness (QED) is 0.0232. The van der Waals surface area contributed by atoms with E-state index in [1.54, 1.807) is 75.5 Å². The van der Waals surface area contributed by atoms with Crippen LogP contribution < -0.4 is 58.5 Å². The Kier molecular flexibility index (Phi) is 31.3. The molecule has 0 radical (unpaired) electrons. The van der Waals surface area contributed by atoms with Gasteiger partial charge in [-0.25, -0.2) is 9.59 Å². The molecule has 31 heteroatoms. The minimum absolute atomic E-state index is 0.0277. The largest absolute Gasteiger partial charge is 0.508 e. The maximum Gasteiger partial charge on any atom is 0.407 e. The topological polar surface area (TPSA) is 426 Å². The first-order valence-electron chi connectivity index (χ1n) is 34.7. The number of ether oxygens (including phenoxy) is 1. The van der Waals surface area contributed by atoms with Gasteiger partial charge in [-0.05, 0) is 114 Å². The van der Waals surface area contributed by atoms with Crippen LogP contribution >= 0.6 is 21.6 Å². The van der Waals surface area contributed by atoms with Gasteiger partial charge in [0.05, 0.1) is 12.2 Å². The number of nitrogens with zero attached hydrogens (tertiary/aromatic N) is 1. The number of nitrogens with one attached hydrogen (secondary N) is 12. The highest BCUT2D eigenvalue weighted by atomic mass is 33.1. The SMILES string of the molecule is C[C@@H](O)[C@H](NC(=O)[C@@H]1CSSC[C@H](NC(=O)[C@@H](Cc2ccccc2)NC(=O)NC2CCCCC2)C(=O)N[C@@H](Cc2ccc(O)cc2)C(=O)N[C@H](Cc2c[nH]c3ccccc23)C(=O)N[C@@H](CCCCCNC(=O)OC(C)(C)C)C(=O)N[C@@H]([C@@H](C)O)C(=O)N1)C(=O)NCCCCCN1C(=O)C=CC1=O. The lowest BCUT2D eigenvalue weighted by Crippen LogP contribution is -2.63. The number of carbonyl (C=O) groups is 12. The second-order valence-corrected chi connectivity index (χ2v) is 29.3. The van der Waals surface area contributed by atoms with Crippen molar-refractivity contribution in [1.29, 1.82) is 0 Å². The third-order valence-corrected chi connectivity index (χ3v) is 19.7. The highest BCUT2D eigenvalue weighted by Crippen LogP contribution is 2.26. The van der Waals surface area contributed by atoms with Gasteiger partial charge in [-0.3, -0.25) is 52.8 Å². The summed E-state index contributed by atoms with van der Waals surface area (Å²) in [5.41, 5.74) is 1.59. The van der Waals surface area contributed by atoms with E-state index in [1.807, 2.05) is 6.07 Å². The fourth-order valence-corrected chi connectivity index (χ4v) is 14.1. The van der Waals surface area contributed by atoms with Crippen LogP contribution in [0.25, 0.3) is 10.9 Å². The predicted octanol–water partition coefficient (Wildman–Crippen LogP) is 2.75. The van der Waals surface area contributed by atoms with Gasteiger partial charge in [-0.15, -0.1) is 0 Å². The van der Waals surface area contributed by atoms with Gasteiger partial charge in [0, 0.05) is 85.7 Å². The summed E-state index contributed by atoms with van der Waals surface area (Å²) in [6.45, 7) is 8.01. The number of hydrogen-bond donors (Lipinski definition) is 15. The van der Waals surface area contributed by atoms with Gasteiger partial charge in [0.25, 0.3) is 11.8 Å². The lowest BCUT2D eigenvalue weighted by atomic mass is 9.96. The van der Waals surface area contributed by atoms with Gasteiger partial charge in [0.15, 0.2) is 0 Å². The molecule has 4 aromatic rings. The molecule has 2 aliphatic heterocycles. The number of aliphatic hydroxyl groups is 2. The lowest BCUT2D eigenvalue weighted by molar-refractivity contribution is -0.137. The Labute approximate surface area is 600 Å². The minimum atomic E-state index is -1.84. The van der Waals surface area contributed by atoms with Gasteiger partial charge in [-0.2, -0.15) is 0 Å². The molecular weight excluding hydrogens is 1350 g/mol. The van der Waals surface area contributed by atoms with Crippen molar-refractivity contribution in [3.05, 3.63) is 114 Å². The molecule has 0 bridgehead atoms. The zero-order chi connectivity index (χ0) is 73.9. The molecule has 3 aromatic carbocycles. The Balaban J connectivity index is 1.24.